The van der Waals surface area contributed by atoms with Crippen molar-refractivity contribution in [1.29, 1.82) is 0 Å². The first-order valence-electron chi connectivity index (χ1n) is 11.2. The van der Waals surface area contributed by atoms with E-state index < -0.39 is 17.6 Å². The van der Waals surface area contributed by atoms with Gasteiger partial charge in [-0.2, -0.15) is 13.2 Å². The summed E-state index contributed by atoms with van der Waals surface area (Å²) < 4.78 is 46.6. The van der Waals surface area contributed by atoms with Crippen LogP contribution in [0.4, 0.5) is 18.9 Å². The van der Waals surface area contributed by atoms with E-state index in [0.29, 0.717) is 12.2 Å². The zero-order valence-corrected chi connectivity index (χ0v) is 19.9. The van der Waals surface area contributed by atoms with Crippen molar-refractivity contribution in [3.8, 4) is 22.9 Å². The van der Waals surface area contributed by atoms with Crippen LogP contribution in [0.1, 0.15) is 46.8 Å². The quantitative estimate of drug-likeness (QED) is 0.463. The summed E-state index contributed by atoms with van der Waals surface area (Å²) in [5, 5.41) is 11.3. The van der Waals surface area contributed by atoms with E-state index >= 15 is 0 Å². The minimum atomic E-state index is -4.55. The van der Waals surface area contributed by atoms with Crippen molar-refractivity contribution in [2.24, 2.45) is 4.99 Å². The van der Waals surface area contributed by atoms with Crippen molar-refractivity contribution in [2.75, 3.05) is 26.1 Å². The number of aliphatic imine (C=N–C) groups is 1. The fourth-order valence-electron chi connectivity index (χ4n) is 4.26. The predicted molar refractivity (Wildman–Crippen MR) is 129 cm³/mol. The van der Waals surface area contributed by atoms with Crippen molar-refractivity contribution in [3.05, 3.63) is 64.7 Å². The Labute approximate surface area is 201 Å². The highest BCUT2D eigenvalue weighted by Crippen LogP contribution is 2.43. The number of amides is 1. The van der Waals surface area contributed by atoms with Gasteiger partial charge in [0.05, 0.1) is 35.2 Å². The van der Waals surface area contributed by atoms with Crippen LogP contribution < -0.4 is 9.64 Å². The number of aromatic nitrogens is 1. The minimum absolute atomic E-state index is 0.0863. The summed E-state index contributed by atoms with van der Waals surface area (Å²) >= 11 is 0. The van der Waals surface area contributed by atoms with E-state index in [1.165, 1.54) is 13.2 Å². The molecule has 0 atom stereocenters. The third-order valence-electron chi connectivity index (χ3n) is 6.08. The Kier molecular flexibility index (Phi) is 6.36. The molecule has 3 aromatic rings. The average molecular weight is 486 g/mol. The number of halogens is 3. The van der Waals surface area contributed by atoms with E-state index in [2.05, 4.69) is 4.99 Å². The van der Waals surface area contributed by atoms with Gasteiger partial charge in [-0.15, -0.1) is 0 Å². The predicted octanol–water partition coefficient (Wildman–Crippen LogP) is 5.75. The lowest BCUT2D eigenvalue weighted by Crippen LogP contribution is -2.09. The standard InChI is InChI=1S/C26H26F3N3O3/c1-5-6-13-32-23(15-7-10-17(11-8-15)31(2)3)21-20(25(32)34)22(30-24(21)33)18-12-9-16(26(27,28)29)14-19(18)35-4/h7-12,14,34H,5-6,13H2,1-4H3. The molecule has 0 bridgehead atoms. The van der Waals surface area contributed by atoms with Gasteiger partial charge in [0.15, 0.2) is 0 Å². The molecule has 2 aromatic carbocycles. The number of methoxy groups -OCH3 is 1. The topological polar surface area (TPSA) is 67.1 Å². The number of rotatable bonds is 7. The molecule has 0 fully saturated rings. The van der Waals surface area contributed by atoms with E-state index in [9.17, 15) is 23.1 Å². The molecular formula is C26H26F3N3O3. The first-order chi connectivity index (χ1) is 16.6. The van der Waals surface area contributed by atoms with Crippen LogP contribution in [-0.2, 0) is 12.7 Å². The maximum atomic E-state index is 13.2. The molecular weight excluding hydrogens is 459 g/mol. The van der Waals surface area contributed by atoms with E-state index in [4.69, 9.17) is 4.74 Å². The third kappa shape index (κ3) is 4.26. The van der Waals surface area contributed by atoms with Crippen LogP contribution in [0.5, 0.6) is 11.6 Å². The Balaban J connectivity index is 1.91. The number of ether oxygens (including phenoxy) is 1. The van der Waals surface area contributed by atoms with Gasteiger partial charge in [0, 0.05) is 31.9 Å². The lowest BCUT2D eigenvalue weighted by Gasteiger charge is -2.15. The van der Waals surface area contributed by atoms with Gasteiger partial charge in [-0.05, 0) is 42.3 Å². The van der Waals surface area contributed by atoms with Gasteiger partial charge in [0.1, 0.15) is 5.75 Å². The SMILES string of the molecule is CCCCn1c(O)c2c(c1-c1ccc(N(C)C)cc1)C(=O)N=C2c1ccc(C(F)(F)F)cc1OC. The highest BCUT2D eigenvalue weighted by Gasteiger charge is 2.38. The molecule has 0 spiro atoms. The molecule has 0 radical (unpaired) electrons. The largest absolute Gasteiger partial charge is 0.496 e. The van der Waals surface area contributed by atoms with E-state index in [1.54, 1.807) is 4.57 Å². The normalized spacial score (nSPS) is 13.1. The maximum Gasteiger partial charge on any atom is 0.416 e. The van der Waals surface area contributed by atoms with Crippen LogP contribution >= 0.6 is 0 Å². The van der Waals surface area contributed by atoms with Crippen molar-refractivity contribution in [3.63, 3.8) is 0 Å². The summed E-state index contributed by atoms with van der Waals surface area (Å²) in [5.41, 5.74) is 2.08. The van der Waals surface area contributed by atoms with Gasteiger partial charge < -0.3 is 19.3 Å². The van der Waals surface area contributed by atoms with E-state index in [1.807, 2.05) is 50.2 Å². The number of hydrogen-bond acceptors (Lipinski definition) is 4. The number of carbonyl (C=O) groups is 1. The molecule has 2 heterocycles. The first-order valence-corrected chi connectivity index (χ1v) is 11.2. The van der Waals surface area contributed by atoms with Crippen molar-refractivity contribution >= 4 is 17.3 Å². The smallest absolute Gasteiger partial charge is 0.416 e. The second-order valence-corrected chi connectivity index (χ2v) is 8.55. The van der Waals surface area contributed by atoms with Crippen molar-refractivity contribution in [2.45, 2.75) is 32.5 Å². The van der Waals surface area contributed by atoms with Gasteiger partial charge in [-0.25, -0.2) is 4.99 Å². The summed E-state index contributed by atoms with van der Waals surface area (Å²) in [6.45, 7) is 2.48. The number of nitrogens with zero attached hydrogens (tertiary/aromatic N) is 3. The Morgan fingerprint density at radius 2 is 1.77 bits per heavy atom. The fraction of sp³-hybridized carbons (Fsp3) is 0.308. The highest BCUT2D eigenvalue weighted by molar-refractivity contribution is 6.31. The molecule has 4 rings (SSSR count). The van der Waals surface area contributed by atoms with Gasteiger partial charge in [-0.3, -0.25) is 4.79 Å². The summed E-state index contributed by atoms with van der Waals surface area (Å²) in [6, 6.07) is 10.6. The van der Waals surface area contributed by atoms with E-state index in [-0.39, 0.29) is 34.0 Å². The molecule has 1 aromatic heterocycles. The monoisotopic (exact) mass is 485 g/mol. The molecule has 0 unspecified atom stereocenters. The zero-order chi connectivity index (χ0) is 25.5. The summed E-state index contributed by atoms with van der Waals surface area (Å²) in [6.07, 6.45) is -2.93. The van der Waals surface area contributed by atoms with E-state index in [0.717, 1.165) is 36.2 Å². The van der Waals surface area contributed by atoms with Crippen LogP contribution in [0.3, 0.4) is 0 Å². The number of anilines is 1. The fourth-order valence-corrected chi connectivity index (χ4v) is 4.26. The Morgan fingerprint density at radius 1 is 1.09 bits per heavy atom. The van der Waals surface area contributed by atoms with Gasteiger partial charge in [-0.1, -0.05) is 25.5 Å². The molecule has 35 heavy (non-hydrogen) atoms. The second-order valence-electron chi connectivity index (χ2n) is 8.55. The van der Waals surface area contributed by atoms with Gasteiger partial charge in [0.25, 0.3) is 5.91 Å². The Bertz CT molecular complexity index is 1310. The highest BCUT2D eigenvalue weighted by atomic mass is 19.4. The number of hydrogen-bond donors (Lipinski definition) is 1. The van der Waals surface area contributed by atoms with Crippen molar-refractivity contribution < 1.29 is 27.8 Å². The number of aromatic hydroxyl groups is 1. The minimum Gasteiger partial charge on any atom is -0.496 e. The molecule has 1 N–H and O–H groups in total. The van der Waals surface area contributed by atoms with Crippen LogP contribution in [0.15, 0.2) is 47.5 Å². The molecule has 9 heteroatoms. The summed E-state index contributed by atoms with van der Waals surface area (Å²) in [7, 11) is 5.09. The van der Waals surface area contributed by atoms with Crippen LogP contribution in [0.2, 0.25) is 0 Å². The van der Waals surface area contributed by atoms with Gasteiger partial charge in [0.2, 0.25) is 5.88 Å². The summed E-state index contributed by atoms with van der Waals surface area (Å²) in [4.78, 5) is 19.2. The second kappa shape index (κ2) is 9.13. The number of alkyl halides is 3. The molecule has 6 nitrogen and oxygen atoms in total. The number of carbonyl (C=O) groups excluding carboxylic acids is 1. The van der Waals surface area contributed by atoms with Crippen LogP contribution in [0.25, 0.3) is 11.3 Å². The van der Waals surface area contributed by atoms with Crippen LogP contribution in [0, 0.1) is 0 Å². The first kappa shape index (κ1) is 24.4. The third-order valence-corrected chi connectivity index (χ3v) is 6.08. The summed E-state index contributed by atoms with van der Waals surface area (Å²) in [5.74, 6) is -0.794. The Morgan fingerprint density at radius 3 is 2.34 bits per heavy atom. The molecule has 0 aliphatic carbocycles. The number of benzene rings is 2. The zero-order valence-electron chi connectivity index (χ0n) is 19.9. The molecule has 184 valence electrons. The molecule has 1 aliphatic heterocycles. The molecule has 1 amide bonds. The number of fused-ring (bicyclic) bond motifs is 1. The average Bonchev–Trinajstić information content (AvgIpc) is 3.31. The lowest BCUT2D eigenvalue weighted by atomic mass is 9.98. The van der Waals surface area contributed by atoms with Crippen molar-refractivity contribution in [1.82, 2.24) is 4.57 Å². The Hall–Kier alpha value is -3.75. The lowest BCUT2D eigenvalue weighted by molar-refractivity contribution is -0.137. The number of unbranched alkanes of at least 4 members (excludes halogenated alkanes) is 1. The van der Waals surface area contributed by atoms with Crippen LogP contribution in [-0.4, -0.2) is 42.5 Å². The molecule has 0 saturated carbocycles. The molecule has 0 saturated heterocycles. The molecule has 1 aliphatic rings. The maximum absolute atomic E-state index is 13.2. The van der Waals surface area contributed by atoms with Gasteiger partial charge >= 0.3 is 6.18 Å².